The summed E-state index contributed by atoms with van der Waals surface area (Å²) >= 11 is 0. The van der Waals surface area contributed by atoms with Gasteiger partial charge in [-0.15, -0.1) is 0 Å². The second-order valence-electron chi connectivity index (χ2n) is 19.8. The Morgan fingerprint density at radius 3 is 1.07 bits per heavy atom. The van der Waals surface area contributed by atoms with Gasteiger partial charge in [0.25, 0.3) is 0 Å². The van der Waals surface area contributed by atoms with Crippen LogP contribution in [0.15, 0.2) is 121 Å². The molecule has 380 valence electrons. The number of aliphatic hydroxyl groups excluding tert-OH is 2. The average molecular weight is 945 g/mol. The molecule has 0 aromatic heterocycles. The van der Waals surface area contributed by atoms with Crippen LogP contribution in [0.2, 0.25) is 0 Å². The molecular formula is C63H92O6. The molecule has 0 saturated carbocycles. The summed E-state index contributed by atoms with van der Waals surface area (Å²) in [5, 5.41) is 21.4. The van der Waals surface area contributed by atoms with E-state index < -0.39 is 12.2 Å². The summed E-state index contributed by atoms with van der Waals surface area (Å²) in [5.74, 6) is 2.98. The molecule has 2 N–H and O–H groups in total. The molecule has 0 fully saturated rings. The van der Waals surface area contributed by atoms with E-state index >= 15 is 0 Å². The lowest BCUT2D eigenvalue weighted by Gasteiger charge is -2.26. The van der Waals surface area contributed by atoms with Gasteiger partial charge in [0.1, 0.15) is 61.6 Å². The van der Waals surface area contributed by atoms with Gasteiger partial charge >= 0.3 is 0 Å². The standard InChI is InChI=1S/C63H92O6/c1-5-7-9-11-13-15-17-19-21-23-25-27-29-33-53-35-31-37-61(47-53)68-51-57(64)49-66-59-43-39-55(40-44-59)63(3,4)56-41-45-60(46-42-56)67-50-58(65)52-69-62-38-32-36-54(48-62)34-30-28-26-24-22-20-18-16-14-12-10-8-6-2/h11-14,31-32,35-48,57-58,64-65H,5-10,15-30,33-34,49-52H2,1-4H3/b13-11+,14-12+. The Balaban J connectivity index is 1.06. The molecule has 0 bridgehead atoms. The summed E-state index contributed by atoms with van der Waals surface area (Å²) in [6.45, 7) is 9.52. The van der Waals surface area contributed by atoms with Crippen LogP contribution in [0.1, 0.15) is 191 Å². The highest BCUT2D eigenvalue weighted by Crippen LogP contribution is 2.33. The number of hydrogen-bond acceptors (Lipinski definition) is 6. The Morgan fingerprint density at radius 2 is 0.710 bits per heavy atom. The normalized spacial score (nSPS) is 12.7. The summed E-state index contributed by atoms with van der Waals surface area (Å²) in [5.41, 5.74) is 4.58. The van der Waals surface area contributed by atoms with Gasteiger partial charge in [0, 0.05) is 5.41 Å². The summed E-state index contributed by atoms with van der Waals surface area (Å²) in [6, 6.07) is 32.7. The van der Waals surface area contributed by atoms with Crippen molar-refractivity contribution in [1.29, 1.82) is 0 Å². The molecule has 4 aromatic carbocycles. The highest BCUT2D eigenvalue weighted by Gasteiger charge is 2.23. The van der Waals surface area contributed by atoms with Crippen molar-refractivity contribution in [2.24, 2.45) is 0 Å². The maximum Gasteiger partial charge on any atom is 0.122 e. The van der Waals surface area contributed by atoms with Gasteiger partial charge in [-0.25, -0.2) is 0 Å². The van der Waals surface area contributed by atoms with E-state index in [-0.39, 0.29) is 31.8 Å². The number of allylic oxidation sites excluding steroid dienone is 4. The minimum Gasteiger partial charge on any atom is -0.491 e. The molecule has 0 amide bonds. The number of rotatable bonds is 40. The maximum absolute atomic E-state index is 10.7. The molecule has 0 aliphatic carbocycles. The lowest BCUT2D eigenvalue weighted by molar-refractivity contribution is 0.0626. The molecule has 0 spiro atoms. The molecular weight excluding hydrogens is 853 g/mol. The maximum atomic E-state index is 10.7. The molecule has 0 aliphatic rings. The predicted molar refractivity (Wildman–Crippen MR) is 290 cm³/mol. The van der Waals surface area contributed by atoms with Gasteiger partial charge in [0.15, 0.2) is 0 Å². The quantitative estimate of drug-likeness (QED) is 0.0342. The van der Waals surface area contributed by atoms with Crippen LogP contribution in [0, 0.1) is 0 Å². The Bertz CT molecular complexity index is 1790. The van der Waals surface area contributed by atoms with E-state index in [0.717, 1.165) is 35.5 Å². The van der Waals surface area contributed by atoms with Gasteiger partial charge in [-0.2, -0.15) is 0 Å². The number of benzene rings is 4. The van der Waals surface area contributed by atoms with Crippen molar-refractivity contribution in [2.45, 2.75) is 199 Å². The first-order valence-electron chi connectivity index (χ1n) is 27.3. The minimum absolute atomic E-state index is 0.145. The van der Waals surface area contributed by atoms with Gasteiger partial charge in [-0.3, -0.25) is 0 Å². The van der Waals surface area contributed by atoms with E-state index in [2.05, 4.69) is 101 Å². The fourth-order valence-corrected chi connectivity index (χ4v) is 8.62. The van der Waals surface area contributed by atoms with Crippen LogP contribution in [-0.4, -0.2) is 48.8 Å². The van der Waals surface area contributed by atoms with Crippen LogP contribution in [0.4, 0.5) is 0 Å². The second-order valence-corrected chi connectivity index (χ2v) is 19.8. The largest absolute Gasteiger partial charge is 0.491 e. The number of hydrogen-bond donors (Lipinski definition) is 2. The van der Waals surface area contributed by atoms with Crippen molar-refractivity contribution in [3.05, 3.63) is 144 Å². The molecule has 6 heteroatoms. The van der Waals surface area contributed by atoms with E-state index in [1.165, 1.54) is 152 Å². The lowest BCUT2D eigenvalue weighted by atomic mass is 9.78. The fraction of sp³-hybridized carbons (Fsp3) is 0.556. The molecule has 2 unspecified atom stereocenters. The van der Waals surface area contributed by atoms with E-state index in [4.69, 9.17) is 18.9 Å². The summed E-state index contributed by atoms with van der Waals surface area (Å²) in [7, 11) is 0. The Hall–Kier alpha value is -4.52. The number of unbranched alkanes of at least 4 members (excludes halogenated alkanes) is 18. The van der Waals surface area contributed by atoms with Crippen molar-refractivity contribution in [2.75, 3.05) is 26.4 Å². The average Bonchev–Trinajstić information content (AvgIpc) is 3.37. The molecule has 6 nitrogen and oxygen atoms in total. The number of aryl methyl sites for hydroxylation is 2. The molecule has 0 heterocycles. The van der Waals surface area contributed by atoms with Crippen molar-refractivity contribution < 1.29 is 29.2 Å². The third-order valence-electron chi connectivity index (χ3n) is 13.2. The molecule has 4 aromatic rings. The van der Waals surface area contributed by atoms with Crippen LogP contribution in [0.3, 0.4) is 0 Å². The number of ether oxygens (including phenoxy) is 4. The zero-order valence-electron chi connectivity index (χ0n) is 43.5. The molecule has 2 atom stereocenters. The van der Waals surface area contributed by atoms with E-state index in [1.807, 2.05) is 48.5 Å². The summed E-state index contributed by atoms with van der Waals surface area (Å²) in [6.07, 6.45) is 38.3. The monoisotopic (exact) mass is 945 g/mol. The molecule has 0 aliphatic heterocycles. The van der Waals surface area contributed by atoms with Gasteiger partial charge in [-0.1, -0.05) is 190 Å². The first-order valence-corrected chi connectivity index (χ1v) is 27.3. The fourth-order valence-electron chi connectivity index (χ4n) is 8.62. The van der Waals surface area contributed by atoms with Crippen LogP contribution >= 0.6 is 0 Å². The SMILES string of the molecule is CCCC/C=C/CCCCCCCCCc1cccc(OCC(O)COc2ccc(C(C)(C)c3ccc(OCC(O)COc4cccc(CCCCCCCCC/C=C/CCCC)c4)cc3)cc2)c1. The zero-order chi connectivity index (χ0) is 49.0. The Kier molecular flexibility index (Phi) is 29.4. The second kappa shape index (κ2) is 35.6. The molecule has 0 radical (unpaired) electrons. The first kappa shape index (κ1) is 57.1. The predicted octanol–water partition coefficient (Wildman–Crippen LogP) is 16.5. The van der Waals surface area contributed by atoms with Gasteiger partial charge < -0.3 is 29.2 Å². The summed E-state index contributed by atoms with van der Waals surface area (Å²) in [4.78, 5) is 0. The Morgan fingerprint density at radius 1 is 0.391 bits per heavy atom. The molecule has 4 rings (SSSR count). The molecule has 69 heavy (non-hydrogen) atoms. The van der Waals surface area contributed by atoms with Crippen LogP contribution in [0.5, 0.6) is 23.0 Å². The van der Waals surface area contributed by atoms with Crippen LogP contribution in [0.25, 0.3) is 0 Å². The smallest absolute Gasteiger partial charge is 0.122 e. The number of aliphatic hydroxyl groups is 2. The van der Waals surface area contributed by atoms with Crippen molar-refractivity contribution in [3.8, 4) is 23.0 Å². The summed E-state index contributed by atoms with van der Waals surface area (Å²) < 4.78 is 23.8. The topological polar surface area (TPSA) is 77.4 Å². The Labute approximate surface area is 419 Å². The molecule has 0 saturated heterocycles. The first-order chi connectivity index (χ1) is 33.8. The van der Waals surface area contributed by atoms with Crippen LogP contribution in [-0.2, 0) is 18.3 Å². The zero-order valence-corrected chi connectivity index (χ0v) is 43.5. The highest BCUT2D eigenvalue weighted by atomic mass is 16.5. The van der Waals surface area contributed by atoms with Gasteiger partial charge in [0.05, 0.1) is 0 Å². The minimum atomic E-state index is -0.754. The third kappa shape index (κ3) is 25.3. The highest BCUT2D eigenvalue weighted by molar-refractivity contribution is 5.42. The van der Waals surface area contributed by atoms with Crippen molar-refractivity contribution in [3.63, 3.8) is 0 Å². The third-order valence-corrected chi connectivity index (χ3v) is 13.2. The van der Waals surface area contributed by atoms with Crippen LogP contribution < -0.4 is 18.9 Å². The van der Waals surface area contributed by atoms with E-state index in [1.54, 1.807) is 0 Å². The van der Waals surface area contributed by atoms with Gasteiger partial charge in [0.2, 0.25) is 0 Å². The lowest BCUT2D eigenvalue weighted by Crippen LogP contribution is -2.25. The van der Waals surface area contributed by atoms with E-state index in [0.29, 0.717) is 11.5 Å². The van der Waals surface area contributed by atoms with Crippen molar-refractivity contribution >= 4 is 0 Å². The van der Waals surface area contributed by atoms with Gasteiger partial charge in [-0.05, 0) is 135 Å². The van der Waals surface area contributed by atoms with Crippen molar-refractivity contribution in [1.82, 2.24) is 0 Å². The van der Waals surface area contributed by atoms with E-state index in [9.17, 15) is 10.2 Å².